The average Bonchev–Trinajstić information content (AvgIpc) is 2.87. The van der Waals surface area contributed by atoms with Gasteiger partial charge in [0.05, 0.1) is 11.2 Å². The molecule has 1 aliphatic heterocycles. The molecule has 0 atom stereocenters. The van der Waals surface area contributed by atoms with E-state index in [4.69, 9.17) is 9.31 Å². The third-order valence-electron chi connectivity index (χ3n) is 6.83. The zero-order valence-corrected chi connectivity index (χ0v) is 19.2. The molecule has 1 radical (unpaired) electrons. The number of hydrogen-bond acceptors (Lipinski definition) is 2. The van der Waals surface area contributed by atoms with E-state index in [9.17, 15) is 0 Å². The first kappa shape index (κ1) is 19.1. The molecule has 0 bridgehead atoms. The molecule has 0 aromatic heterocycles. The molecule has 0 unspecified atom stereocenters. The van der Waals surface area contributed by atoms with Crippen LogP contribution in [0.2, 0.25) is 13.1 Å². The zero-order valence-electron chi connectivity index (χ0n) is 18.2. The first-order valence-corrected chi connectivity index (χ1v) is 13.2. The van der Waals surface area contributed by atoms with E-state index in [1.807, 2.05) is 0 Å². The minimum Gasteiger partial charge on any atom is -0.399 e. The Morgan fingerprint density at radius 1 is 0.793 bits per heavy atom. The molecule has 0 spiro atoms. The maximum absolute atomic E-state index is 6.49. The summed E-state index contributed by atoms with van der Waals surface area (Å²) in [7, 11) is -0.793. The quantitative estimate of drug-likeness (QED) is 0.324. The minimum absolute atomic E-state index is 0.321. The maximum Gasteiger partial charge on any atom is 0.495 e. The van der Waals surface area contributed by atoms with Gasteiger partial charge in [-0.2, -0.15) is 0 Å². The standard InChI is InChI=1S/C25H28BO2Si/c1-24(2)25(3,4)28-26(27-24)21-14-18-11-10-16-8-7-9-17-12-13-19(23(18)22(16)17)20(21)15-29(5)6/h7-14H,15H2,1-6H3. The third kappa shape index (κ3) is 2.84. The molecule has 2 nitrogen and oxygen atoms in total. The fourth-order valence-electron chi connectivity index (χ4n) is 4.62. The predicted octanol–water partition coefficient (Wildman–Crippen LogP) is 5.72. The van der Waals surface area contributed by atoms with Crippen molar-refractivity contribution in [1.82, 2.24) is 0 Å². The van der Waals surface area contributed by atoms with E-state index in [-0.39, 0.29) is 18.3 Å². The summed E-state index contributed by atoms with van der Waals surface area (Å²) in [6.45, 7) is 13.3. The highest BCUT2D eigenvalue weighted by atomic mass is 28.3. The molecule has 4 heteroatoms. The van der Waals surface area contributed by atoms with Crippen molar-refractivity contribution in [3.63, 3.8) is 0 Å². The zero-order chi connectivity index (χ0) is 20.6. The second kappa shape index (κ2) is 6.31. The van der Waals surface area contributed by atoms with Crippen molar-refractivity contribution in [2.24, 2.45) is 0 Å². The van der Waals surface area contributed by atoms with E-state index in [1.165, 1.54) is 43.3 Å². The van der Waals surface area contributed by atoms with E-state index < -0.39 is 8.80 Å². The van der Waals surface area contributed by atoms with Gasteiger partial charge in [-0.1, -0.05) is 61.6 Å². The van der Waals surface area contributed by atoms with E-state index >= 15 is 0 Å². The number of hydrogen-bond donors (Lipinski definition) is 0. The molecular formula is C25H28BO2Si. The molecular weight excluding hydrogens is 371 g/mol. The van der Waals surface area contributed by atoms with Crippen molar-refractivity contribution in [2.75, 3.05) is 0 Å². The molecule has 1 aliphatic rings. The monoisotopic (exact) mass is 399 g/mol. The van der Waals surface area contributed by atoms with Gasteiger partial charge in [-0.05, 0) is 77.1 Å². The summed E-state index contributed by atoms with van der Waals surface area (Å²) < 4.78 is 13.0. The Kier molecular flexibility index (Phi) is 4.16. The van der Waals surface area contributed by atoms with Crippen LogP contribution in [-0.2, 0) is 15.4 Å². The fourth-order valence-corrected chi connectivity index (χ4v) is 5.72. The second-order valence-electron chi connectivity index (χ2n) is 9.77. The first-order chi connectivity index (χ1) is 13.7. The van der Waals surface area contributed by atoms with Gasteiger partial charge in [-0.25, -0.2) is 0 Å². The lowest BCUT2D eigenvalue weighted by Gasteiger charge is -2.32. The van der Waals surface area contributed by atoms with Gasteiger partial charge in [0, 0.05) is 8.80 Å². The lowest BCUT2D eigenvalue weighted by Crippen LogP contribution is -2.41. The first-order valence-electron chi connectivity index (χ1n) is 10.5. The van der Waals surface area contributed by atoms with E-state index in [2.05, 4.69) is 89.3 Å². The largest absolute Gasteiger partial charge is 0.495 e. The van der Waals surface area contributed by atoms with Gasteiger partial charge in [0.15, 0.2) is 0 Å². The van der Waals surface area contributed by atoms with Crippen molar-refractivity contribution in [3.05, 3.63) is 54.1 Å². The molecule has 0 amide bonds. The Labute approximate surface area is 175 Å². The molecule has 4 aromatic carbocycles. The van der Waals surface area contributed by atoms with Crippen LogP contribution in [0.15, 0.2) is 48.5 Å². The van der Waals surface area contributed by atoms with Crippen LogP contribution in [0.5, 0.6) is 0 Å². The lowest BCUT2D eigenvalue weighted by atomic mass is 9.73. The van der Waals surface area contributed by atoms with E-state index in [0.717, 1.165) is 6.04 Å². The van der Waals surface area contributed by atoms with Gasteiger partial charge in [0.1, 0.15) is 0 Å². The molecule has 0 saturated carbocycles. The van der Waals surface area contributed by atoms with Crippen molar-refractivity contribution >= 4 is 53.7 Å². The summed E-state index contributed by atoms with van der Waals surface area (Å²) in [5.41, 5.74) is 1.95. The van der Waals surface area contributed by atoms with Crippen LogP contribution in [0.1, 0.15) is 33.3 Å². The Balaban J connectivity index is 1.82. The van der Waals surface area contributed by atoms with Crippen molar-refractivity contribution in [3.8, 4) is 0 Å². The van der Waals surface area contributed by atoms with Crippen LogP contribution in [0.4, 0.5) is 0 Å². The maximum atomic E-state index is 6.49. The molecule has 0 N–H and O–H groups in total. The minimum atomic E-state index is -0.471. The highest BCUT2D eigenvalue weighted by molar-refractivity contribution is 6.64. The van der Waals surface area contributed by atoms with E-state index in [0.29, 0.717) is 0 Å². The Morgan fingerprint density at radius 2 is 1.38 bits per heavy atom. The van der Waals surface area contributed by atoms with Crippen LogP contribution in [-0.4, -0.2) is 27.1 Å². The molecule has 0 aliphatic carbocycles. The normalized spacial score (nSPS) is 18.7. The number of rotatable bonds is 3. The summed E-state index contributed by atoms with van der Waals surface area (Å²) in [6, 6.07) is 19.1. The Morgan fingerprint density at radius 3 is 2.00 bits per heavy atom. The summed E-state index contributed by atoms with van der Waals surface area (Å²) in [5, 5.41) is 8.03. The molecule has 1 fully saturated rings. The molecule has 5 rings (SSSR count). The van der Waals surface area contributed by atoms with Crippen LogP contribution < -0.4 is 5.46 Å². The van der Waals surface area contributed by atoms with Gasteiger partial charge < -0.3 is 9.31 Å². The van der Waals surface area contributed by atoms with Crippen molar-refractivity contribution in [1.29, 1.82) is 0 Å². The molecule has 29 heavy (non-hydrogen) atoms. The smallest absolute Gasteiger partial charge is 0.399 e. The highest BCUT2D eigenvalue weighted by Gasteiger charge is 2.52. The molecule has 4 aromatic rings. The predicted molar refractivity (Wildman–Crippen MR) is 127 cm³/mol. The SMILES string of the molecule is C[Si](C)Cc1c(B2OC(C)(C)C(C)(C)O2)cc2ccc3cccc4ccc1c2c34. The van der Waals surface area contributed by atoms with Gasteiger partial charge in [0.2, 0.25) is 0 Å². The topological polar surface area (TPSA) is 18.5 Å². The highest BCUT2D eigenvalue weighted by Crippen LogP contribution is 2.39. The van der Waals surface area contributed by atoms with Gasteiger partial charge in [0.25, 0.3) is 0 Å². The summed E-state index contributed by atoms with van der Waals surface area (Å²) in [6.07, 6.45) is 0. The van der Waals surface area contributed by atoms with Gasteiger partial charge in [-0.15, -0.1) is 0 Å². The van der Waals surface area contributed by atoms with Crippen molar-refractivity contribution < 1.29 is 9.31 Å². The molecule has 147 valence electrons. The summed E-state index contributed by atoms with van der Waals surface area (Å²) in [4.78, 5) is 0. The van der Waals surface area contributed by atoms with Crippen LogP contribution in [0.25, 0.3) is 32.3 Å². The molecule has 1 saturated heterocycles. The van der Waals surface area contributed by atoms with Crippen LogP contribution in [0.3, 0.4) is 0 Å². The van der Waals surface area contributed by atoms with Gasteiger partial charge >= 0.3 is 7.12 Å². The number of benzene rings is 4. The van der Waals surface area contributed by atoms with E-state index in [1.54, 1.807) is 0 Å². The van der Waals surface area contributed by atoms with Crippen LogP contribution >= 0.6 is 0 Å². The second-order valence-corrected chi connectivity index (χ2v) is 12.5. The Hall–Kier alpha value is -1.88. The van der Waals surface area contributed by atoms with Crippen LogP contribution in [0, 0.1) is 0 Å². The molecule has 1 heterocycles. The fraction of sp³-hybridized carbons (Fsp3) is 0.360. The van der Waals surface area contributed by atoms with Gasteiger partial charge in [-0.3, -0.25) is 0 Å². The summed E-state index contributed by atoms with van der Waals surface area (Å²) in [5.74, 6) is 0. The Bertz CT molecular complexity index is 1200. The average molecular weight is 399 g/mol. The summed E-state index contributed by atoms with van der Waals surface area (Å²) >= 11 is 0. The lowest BCUT2D eigenvalue weighted by molar-refractivity contribution is 0.00578. The van der Waals surface area contributed by atoms with Crippen molar-refractivity contribution in [2.45, 2.75) is 58.0 Å². The third-order valence-corrected chi connectivity index (χ3v) is 7.89.